The van der Waals surface area contributed by atoms with Crippen molar-refractivity contribution < 1.29 is 4.79 Å². The van der Waals surface area contributed by atoms with Gasteiger partial charge in [0.2, 0.25) is 5.91 Å². The van der Waals surface area contributed by atoms with E-state index >= 15 is 0 Å². The van der Waals surface area contributed by atoms with Crippen LogP contribution in [-0.2, 0) is 17.8 Å². The van der Waals surface area contributed by atoms with Crippen LogP contribution in [0.1, 0.15) is 16.9 Å². The van der Waals surface area contributed by atoms with Crippen LogP contribution in [0.3, 0.4) is 0 Å². The van der Waals surface area contributed by atoms with Crippen LogP contribution in [0.15, 0.2) is 60.9 Å². The Kier molecular flexibility index (Phi) is 6.60. The molecule has 1 aliphatic rings. The number of nitrogens with zero attached hydrogens (tertiary/aromatic N) is 3. The first-order chi connectivity index (χ1) is 14.2. The van der Waals surface area contributed by atoms with E-state index in [1.165, 1.54) is 9.75 Å². The van der Waals surface area contributed by atoms with Crippen LogP contribution < -0.4 is 0 Å². The number of rotatable bonds is 6. The van der Waals surface area contributed by atoms with E-state index in [2.05, 4.69) is 28.1 Å². The Hall–Kier alpha value is -2.21. The lowest BCUT2D eigenvalue weighted by molar-refractivity contribution is -0.132. The summed E-state index contributed by atoms with van der Waals surface area (Å²) in [7, 11) is 0. The highest BCUT2D eigenvalue weighted by Gasteiger charge is 2.21. The topological polar surface area (TPSA) is 36.4 Å². The van der Waals surface area contributed by atoms with Crippen molar-refractivity contribution in [1.29, 1.82) is 0 Å². The van der Waals surface area contributed by atoms with E-state index in [-0.39, 0.29) is 5.91 Å². The third-order valence-electron chi connectivity index (χ3n) is 5.23. The summed E-state index contributed by atoms with van der Waals surface area (Å²) >= 11 is 7.93. The molecule has 0 saturated carbocycles. The normalized spacial score (nSPS) is 14.9. The van der Waals surface area contributed by atoms with Crippen molar-refractivity contribution in [2.45, 2.75) is 19.4 Å². The van der Waals surface area contributed by atoms with Crippen LogP contribution in [-0.4, -0.2) is 46.9 Å². The van der Waals surface area contributed by atoms with E-state index in [0.717, 1.165) is 55.3 Å². The number of carbonyl (C=O) groups is 1. The molecular weight excluding hydrogens is 402 g/mol. The molecule has 0 radical (unpaired) electrons. The zero-order chi connectivity index (χ0) is 20.1. The predicted molar refractivity (Wildman–Crippen MR) is 119 cm³/mol. The molecular formula is C23H24ClN3OS. The highest BCUT2D eigenvalue weighted by molar-refractivity contribution is 7.15. The quantitative estimate of drug-likeness (QED) is 0.572. The van der Waals surface area contributed by atoms with Gasteiger partial charge in [0.15, 0.2) is 0 Å². The highest BCUT2D eigenvalue weighted by atomic mass is 35.5. The fraction of sp³-hybridized carbons (Fsp3) is 0.304. The third kappa shape index (κ3) is 5.44. The Morgan fingerprint density at radius 1 is 1.07 bits per heavy atom. The molecule has 1 aromatic carbocycles. The molecule has 29 heavy (non-hydrogen) atoms. The molecule has 1 amide bonds. The molecule has 1 aliphatic heterocycles. The van der Waals surface area contributed by atoms with Gasteiger partial charge in [0.25, 0.3) is 0 Å². The molecule has 0 atom stereocenters. The Labute approximate surface area is 180 Å². The summed E-state index contributed by atoms with van der Waals surface area (Å²) in [6.45, 7) is 4.38. The number of halogens is 1. The molecule has 4 rings (SSSR count). The lowest BCUT2D eigenvalue weighted by atomic mass is 10.1. The zero-order valence-electron chi connectivity index (χ0n) is 16.3. The molecule has 2 aromatic heterocycles. The molecule has 6 heteroatoms. The van der Waals surface area contributed by atoms with Crippen LogP contribution in [0.5, 0.6) is 0 Å². The average Bonchev–Trinajstić information content (AvgIpc) is 3.22. The van der Waals surface area contributed by atoms with E-state index in [1.807, 2.05) is 52.8 Å². The number of benzene rings is 1. The molecule has 1 saturated heterocycles. The van der Waals surface area contributed by atoms with E-state index in [1.54, 1.807) is 6.20 Å². The van der Waals surface area contributed by atoms with Crippen LogP contribution in [0.2, 0.25) is 5.02 Å². The maximum absolute atomic E-state index is 12.5. The number of pyridine rings is 1. The van der Waals surface area contributed by atoms with E-state index in [0.29, 0.717) is 6.42 Å². The summed E-state index contributed by atoms with van der Waals surface area (Å²) in [5.74, 6) is 0.243. The number of aryl methyl sites for hydroxylation is 1. The fourth-order valence-electron chi connectivity index (χ4n) is 3.59. The number of piperazine rings is 1. The molecule has 1 fully saturated rings. The van der Waals surface area contributed by atoms with Crippen LogP contribution in [0, 0.1) is 0 Å². The molecule has 0 unspecified atom stereocenters. The van der Waals surface area contributed by atoms with E-state index in [4.69, 9.17) is 11.6 Å². The lowest BCUT2D eigenvalue weighted by Gasteiger charge is -2.34. The second-order valence-electron chi connectivity index (χ2n) is 7.29. The largest absolute Gasteiger partial charge is 0.340 e. The first-order valence-electron chi connectivity index (χ1n) is 9.91. The number of thiophene rings is 1. The minimum atomic E-state index is 0.243. The van der Waals surface area contributed by atoms with Gasteiger partial charge in [-0.3, -0.25) is 14.7 Å². The Bertz CT molecular complexity index is 952. The van der Waals surface area contributed by atoms with E-state index < -0.39 is 0 Å². The van der Waals surface area contributed by atoms with Crippen molar-refractivity contribution in [3.63, 3.8) is 0 Å². The first-order valence-corrected chi connectivity index (χ1v) is 11.1. The van der Waals surface area contributed by atoms with Gasteiger partial charge in [-0.15, -0.1) is 11.3 Å². The van der Waals surface area contributed by atoms with Gasteiger partial charge in [-0.2, -0.15) is 0 Å². The van der Waals surface area contributed by atoms with Crippen LogP contribution >= 0.6 is 22.9 Å². The standard InChI is InChI=1S/C23H24ClN3OS/c24-20-5-1-4-19(15-20)22-8-7-21(29-22)17-26-11-13-27(14-12-26)23(28)9-6-18-3-2-10-25-16-18/h1-5,7-8,10,15-16H,6,9,11-14,17H2. The minimum absolute atomic E-state index is 0.243. The van der Waals surface area contributed by atoms with Crippen molar-refractivity contribution in [2.24, 2.45) is 0 Å². The molecule has 0 bridgehead atoms. The average molecular weight is 426 g/mol. The van der Waals surface area contributed by atoms with Crippen molar-refractivity contribution in [3.8, 4) is 10.4 Å². The van der Waals surface area contributed by atoms with Gasteiger partial charge in [-0.1, -0.05) is 29.8 Å². The number of amides is 1. The maximum atomic E-state index is 12.5. The van der Waals surface area contributed by atoms with Crippen molar-refractivity contribution in [3.05, 3.63) is 76.4 Å². The van der Waals surface area contributed by atoms with Crippen molar-refractivity contribution in [2.75, 3.05) is 26.2 Å². The predicted octanol–water partition coefficient (Wildman–Crippen LogP) is 4.74. The zero-order valence-corrected chi connectivity index (χ0v) is 17.8. The Morgan fingerprint density at radius 3 is 2.69 bits per heavy atom. The smallest absolute Gasteiger partial charge is 0.222 e. The molecule has 3 heterocycles. The van der Waals surface area contributed by atoms with Gasteiger partial charge < -0.3 is 4.90 Å². The van der Waals surface area contributed by atoms with Crippen molar-refractivity contribution >= 4 is 28.8 Å². The Balaban J connectivity index is 1.25. The van der Waals surface area contributed by atoms with Gasteiger partial charge in [0.05, 0.1) is 0 Å². The lowest BCUT2D eigenvalue weighted by Crippen LogP contribution is -2.48. The van der Waals surface area contributed by atoms with Gasteiger partial charge >= 0.3 is 0 Å². The second-order valence-corrected chi connectivity index (χ2v) is 8.90. The summed E-state index contributed by atoms with van der Waals surface area (Å²) in [6, 6.07) is 16.3. The number of hydrogen-bond acceptors (Lipinski definition) is 4. The van der Waals surface area contributed by atoms with Gasteiger partial charge in [-0.05, 0) is 47.9 Å². The highest BCUT2D eigenvalue weighted by Crippen LogP contribution is 2.30. The molecule has 0 N–H and O–H groups in total. The SMILES string of the molecule is O=C(CCc1cccnc1)N1CCN(Cc2ccc(-c3cccc(Cl)c3)s2)CC1. The summed E-state index contributed by atoms with van der Waals surface area (Å²) in [5, 5.41) is 0.766. The van der Waals surface area contributed by atoms with Gasteiger partial charge in [0.1, 0.15) is 0 Å². The van der Waals surface area contributed by atoms with Gasteiger partial charge in [0, 0.05) is 66.3 Å². The summed E-state index contributed by atoms with van der Waals surface area (Å²) in [5.41, 5.74) is 2.28. The molecule has 0 aliphatic carbocycles. The van der Waals surface area contributed by atoms with Crippen molar-refractivity contribution in [1.82, 2.24) is 14.8 Å². The molecule has 4 nitrogen and oxygen atoms in total. The third-order valence-corrected chi connectivity index (χ3v) is 6.58. The van der Waals surface area contributed by atoms with E-state index in [9.17, 15) is 4.79 Å². The first kappa shape index (κ1) is 20.1. The number of carbonyl (C=O) groups excluding carboxylic acids is 1. The number of aromatic nitrogens is 1. The minimum Gasteiger partial charge on any atom is -0.340 e. The fourth-order valence-corrected chi connectivity index (χ4v) is 4.83. The summed E-state index contributed by atoms with van der Waals surface area (Å²) in [4.78, 5) is 23.6. The Morgan fingerprint density at radius 2 is 1.93 bits per heavy atom. The van der Waals surface area contributed by atoms with Crippen LogP contribution in [0.25, 0.3) is 10.4 Å². The molecule has 0 spiro atoms. The second kappa shape index (κ2) is 9.53. The summed E-state index contributed by atoms with van der Waals surface area (Å²) in [6.07, 6.45) is 4.91. The molecule has 150 valence electrons. The monoisotopic (exact) mass is 425 g/mol. The maximum Gasteiger partial charge on any atom is 0.222 e. The van der Waals surface area contributed by atoms with Crippen LogP contribution in [0.4, 0.5) is 0 Å². The number of hydrogen-bond donors (Lipinski definition) is 0. The van der Waals surface area contributed by atoms with Gasteiger partial charge in [-0.25, -0.2) is 0 Å². The molecule has 3 aromatic rings. The summed E-state index contributed by atoms with van der Waals surface area (Å²) < 4.78 is 0.